The Hall–Kier alpha value is -5.82. The first-order valence-corrected chi connectivity index (χ1v) is 14.2. The van der Waals surface area contributed by atoms with Crippen molar-refractivity contribution < 1.29 is 13.9 Å². The van der Waals surface area contributed by atoms with E-state index in [9.17, 15) is 0 Å². The van der Waals surface area contributed by atoms with E-state index in [0.29, 0.717) is 0 Å². The molecule has 0 saturated carbocycles. The topological polar surface area (TPSA) is 52.1 Å². The Bertz CT molecular complexity index is 2790. The molecule has 0 radical (unpaired) electrons. The quantitative estimate of drug-likeness (QED) is 0.137. The van der Waals surface area contributed by atoms with Crippen LogP contribution in [0.1, 0.15) is 11.1 Å². The van der Waals surface area contributed by atoms with Crippen molar-refractivity contribution in [3.05, 3.63) is 121 Å². The molecule has 3 aliphatic rings. The number of fused-ring (bicyclic) bond motifs is 9. The van der Waals surface area contributed by atoms with Crippen molar-refractivity contribution in [1.82, 2.24) is 18.9 Å². The summed E-state index contributed by atoms with van der Waals surface area (Å²) in [6.45, 7) is 0. The van der Waals surface area contributed by atoms with Crippen LogP contribution in [0.25, 0.3) is 66.2 Å². The number of aromatic nitrogens is 6. The first kappa shape index (κ1) is 20.1. The van der Waals surface area contributed by atoms with Crippen LogP contribution < -0.4 is 13.9 Å². The number of hydrogen-bond donors (Lipinski definition) is 0. The minimum absolute atomic E-state index is 0.684. The van der Waals surface area contributed by atoms with E-state index in [0.717, 1.165) is 67.1 Å². The minimum Gasteiger partial charge on any atom is -0.456 e. The minimum atomic E-state index is -0.684. The fraction of sp³-hybridized carbons (Fsp3) is 0.0286. The molecule has 5 aromatic heterocycles. The smallest absolute Gasteiger partial charge is 0.318 e. The van der Waals surface area contributed by atoms with Crippen LogP contribution in [0, 0.1) is 0 Å². The van der Waals surface area contributed by atoms with Gasteiger partial charge in [0.15, 0.2) is 5.52 Å². The van der Waals surface area contributed by atoms with Gasteiger partial charge < -0.3 is 4.74 Å². The number of para-hydroxylation sites is 3. The van der Waals surface area contributed by atoms with Crippen molar-refractivity contribution in [1.29, 1.82) is 0 Å². The molecular weight excluding hydrogens is 520 g/mol. The van der Waals surface area contributed by atoms with E-state index in [1.165, 1.54) is 21.8 Å². The van der Waals surface area contributed by atoms with Gasteiger partial charge in [-0.3, -0.25) is 0 Å². The Morgan fingerprint density at radius 3 is 2.38 bits per heavy atom. The van der Waals surface area contributed by atoms with Crippen LogP contribution in [0.2, 0.25) is 0 Å². The van der Waals surface area contributed by atoms with Gasteiger partial charge >= 0.3 is 11.3 Å². The molecule has 3 aliphatic heterocycles. The average molecular weight is 539 g/mol. The van der Waals surface area contributed by atoms with Gasteiger partial charge in [-0.2, -0.15) is 18.1 Å². The van der Waals surface area contributed by atoms with Crippen LogP contribution in [-0.2, 0) is 5.66 Å². The Kier molecular flexibility index (Phi) is 2.99. The number of rotatable bonds is 0. The zero-order chi connectivity index (χ0) is 26.9. The lowest BCUT2D eigenvalue weighted by molar-refractivity contribution is -0.956. The van der Waals surface area contributed by atoms with Crippen molar-refractivity contribution in [2.75, 3.05) is 0 Å². The summed E-state index contributed by atoms with van der Waals surface area (Å²) in [6.07, 6.45) is 6.58. The van der Waals surface area contributed by atoms with Gasteiger partial charge in [0.05, 0.1) is 22.6 Å². The highest BCUT2D eigenvalue weighted by Gasteiger charge is 2.64. The highest BCUT2D eigenvalue weighted by atomic mass is 16.5. The SMILES string of the molecule is c1cc[n+]2c(c1)-n1c3ccccc3c3ccc4c(c31)C21c2c(ccc3c5nc6ccccc6nc5n5cc[n+]1c5c23)O4. The molecule has 7 nitrogen and oxygen atoms in total. The maximum atomic E-state index is 6.83. The summed E-state index contributed by atoms with van der Waals surface area (Å²) in [5.74, 6) is 2.87. The molecule has 42 heavy (non-hydrogen) atoms. The van der Waals surface area contributed by atoms with Crippen molar-refractivity contribution in [2.24, 2.45) is 0 Å². The van der Waals surface area contributed by atoms with Crippen molar-refractivity contribution in [3.8, 4) is 17.3 Å². The lowest BCUT2D eigenvalue weighted by Gasteiger charge is -2.36. The van der Waals surface area contributed by atoms with Gasteiger partial charge in [0.25, 0.3) is 11.5 Å². The molecule has 0 bridgehead atoms. The monoisotopic (exact) mass is 538 g/mol. The van der Waals surface area contributed by atoms with E-state index in [1.807, 2.05) is 24.3 Å². The van der Waals surface area contributed by atoms with Gasteiger partial charge in [0.1, 0.15) is 46.1 Å². The summed E-state index contributed by atoms with van der Waals surface area (Å²) in [4.78, 5) is 10.3. The second-order valence-corrected chi connectivity index (χ2v) is 11.5. The van der Waals surface area contributed by atoms with Crippen LogP contribution in [0.5, 0.6) is 11.5 Å². The third-order valence-electron chi connectivity index (χ3n) is 9.73. The summed E-state index contributed by atoms with van der Waals surface area (Å²) in [7, 11) is 0. The number of pyridine rings is 2. The Morgan fingerprint density at radius 2 is 1.45 bits per heavy atom. The fourth-order valence-electron chi connectivity index (χ4n) is 8.28. The molecule has 1 atom stereocenters. The lowest BCUT2D eigenvalue weighted by atomic mass is 9.84. The molecule has 7 heteroatoms. The van der Waals surface area contributed by atoms with Gasteiger partial charge in [-0.1, -0.05) is 30.3 Å². The molecule has 0 fully saturated rings. The van der Waals surface area contributed by atoms with E-state index in [1.54, 1.807) is 0 Å². The van der Waals surface area contributed by atoms with Gasteiger partial charge in [-0.05, 0) is 54.6 Å². The van der Waals surface area contributed by atoms with E-state index >= 15 is 0 Å². The van der Waals surface area contributed by atoms with Gasteiger partial charge in [-0.15, -0.1) is 0 Å². The molecule has 1 spiro atoms. The van der Waals surface area contributed by atoms with Crippen LogP contribution in [0.4, 0.5) is 0 Å². The van der Waals surface area contributed by atoms with E-state index in [4.69, 9.17) is 14.7 Å². The summed E-state index contributed by atoms with van der Waals surface area (Å²) >= 11 is 0. The van der Waals surface area contributed by atoms with E-state index < -0.39 is 5.66 Å². The molecule has 4 aromatic carbocycles. The fourth-order valence-corrected chi connectivity index (χ4v) is 8.28. The molecule has 8 heterocycles. The Morgan fingerprint density at radius 1 is 0.667 bits per heavy atom. The van der Waals surface area contributed by atoms with Crippen molar-refractivity contribution >= 4 is 60.4 Å². The van der Waals surface area contributed by atoms with E-state index in [2.05, 4.69) is 103 Å². The Labute approximate surface area is 236 Å². The van der Waals surface area contributed by atoms with Crippen LogP contribution in [-0.4, -0.2) is 18.9 Å². The number of hydrogen-bond acceptors (Lipinski definition) is 3. The largest absolute Gasteiger partial charge is 0.456 e. The summed E-state index contributed by atoms with van der Waals surface area (Å²) in [5.41, 5.74) is 8.63. The van der Waals surface area contributed by atoms with Crippen molar-refractivity contribution in [3.63, 3.8) is 0 Å². The van der Waals surface area contributed by atoms with E-state index in [-0.39, 0.29) is 0 Å². The maximum Gasteiger partial charge on any atom is 0.318 e. The molecular formula is C35H18N6O+2. The lowest BCUT2D eigenvalue weighted by Crippen LogP contribution is -2.75. The normalized spacial score (nSPS) is 17.3. The number of benzene rings is 4. The standard InChI is InChI=1S/C35H18N6O/c1-4-10-24-19(7-1)20-12-14-26-30-32(20)41(24)27-11-5-6-16-39(27)35(30)29-25(42-26)15-13-21-28(29)34-38(17-18-40(34)35)33-31(21)36-22-8-2-3-9-23(22)37-33/h1-18H/q+2. The Balaban J connectivity index is 1.39. The zero-order valence-electron chi connectivity index (χ0n) is 22.0. The molecule has 192 valence electrons. The highest BCUT2D eigenvalue weighted by Crippen LogP contribution is 2.56. The van der Waals surface area contributed by atoms with Gasteiger partial charge in [0, 0.05) is 22.2 Å². The molecule has 1 unspecified atom stereocenters. The molecule has 0 N–H and O–H groups in total. The zero-order valence-corrected chi connectivity index (χ0v) is 22.0. The number of imidazole rings is 1. The molecule has 0 amide bonds. The summed E-state index contributed by atoms with van der Waals surface area (Å²) in [5, 5.41) is 4.70. The van der Waals surface area contributed by atoms with Crippen molar-refractivity contribution in [2.45, 2.75) is 5.66 Å². The summed E-state index contributed by atoms with van der Waals surface area (Å²) in [6, 6.07) is 32.0. The van der Waals surface area contributed by atoms with Gasteiger partial charge in [-0.25, -0.2) is 9.97 Å². The van der Waals surface area contributed by atoms with Gasteiger partial charge in [0.2, 0.25) is 0 Å². The predicted octanol–water partition coefficient (Wildman–Crippen LogP) is 5.89. The van der Waals surface area contributed by atoms with Crippen LogP contribution >= 0.6 is 0 Å². The number of ether oxygens (including phenoxy) is 1. The third kappa shape index (κ3) is 1.86. The second-order valence-electron chi connectivity index (χ2n) is 11.5. The third-order valence-corrected chi connectivity index (χ3v) is 9.73. The molecule has 12 rings (SSSR count). The highest BCUT2D eigenvalue weighted by molar-refractivity contribution is 6.15. The molecule has 0 aliphatic carbocycles. The van der Waals surface area contributed by atoms with Crippen LogP contribution in [0.3, 0.4) is 0 Å². The molecule has 9 aromatic rings. The number of nitrogens with zero attached hydrogens (tertiary/aromatic N) is 6. The molecule has 0 saturated heterocycles. The second kappa shape index (κ2) is 6.24. The first-order chi connectivity index (χ1) is 20.8. The van der Waals surface area contributed by atoms with Crippen LogP contribution in [0.15, 0.2) is 110 Å². The first-order valence-electron chi connectivity index (χ1n) is 14.2. The predicted molar refractivity (Wildman–Crippen MR) is 158 cm³/mol. The summed E-state index contributed by atoms with van der Waals surface area (Å²) < 4.78 is 16.3. The average Bonchev–Trinajstić information content (AvgIpc) is 3.72. The maximum absolute atomic E-state index is 6.83.